The molecule has 2 N–H and O–H groups in total. The molecule has 0 radical (unpaired) electrons. The lowest BCUT2D eigenvalue weighted by atomic mass is 10.2. The number of hydrogen-bond donors (Lipinski definition) is 2. The first-order chi connectivity index (χ1) is 7.26. The van der Waals surface area contributed by atoms with E-state index in [1.807, 2.05) is 0 Å². The van der Waals surface area contributed by atoms with Crippen LogP contribution in [-0.2, 0) is 4.79 Å². The van der Waals surface area contributed by atoms with Gasteiger partial charge in [-0.1, -0.05) is 0 Å². The molecule has 94 valence electrons. The number of hydrogen-bond acceptors (Lipinski definition) is 4. The molecule has 6 heteroatoms. The molecule has 0 aromatic heterocycles. The quantitative estimate of drug-likeness (QED) is 0.590. The first kappa shape index (κ1) is 14.9. The molecule has 1 heterocycles. The third-order valence-corrected chi connectivity index (χ3v) is 1.99. The number of carbonyl (C=O) groups is 1. The van der Waals surface area contributed by atoms with Crippen LogP contribution in [0.25, 0.3) is 0 Å². The molecule has 0 bridgehead atoms. The van der Waals surface area contributed by atoms with E-state index in [1.54, 1.807) is 0 Å². The Kier molecular flexibility index (Phi) is 5.98. The number of aliphatic imine (C=N–C) groups is 1. The molecule has 1 atom stereocenters. The summed E-state index contributed by atoms with van der Waals surface area (Å²) in [5.74, 6) is -1.29. The van der Waals surface area contributed by atoms with Crippen LogP contribution in [0.4, 0.5) is 0 Å². The predicted octanol–water partition coefficient (Wildman–Crippen LogP) is -1.32. The van der Waals surface area contributed by atoms with Gasteiger partial charge in [-0.2, -0.15) is 0 Å². The molecule has 0 saturated heterocycles. The molecule has 0 fully saturated rings. The number of quaternary nitrogens is 1. The van der Waals surface area contributed by atoms with Gasteiger partial charge in [0.25, 0.3) is 0 Å². The maximum absolute atomic E-state index is 10.3. The number of aliphatic carboxylic acids is 1. The van der Waals surface area contributed by atoms with E-state index < -0.39 is 12.0 Å². The molecule has 0 aliphatic carbocycles. The Hall–Kier alpha value is -1.14. The SMILES string of the molecule is C[N+](C)(C)CCO.O=C(O)[C@@H]1CCC([O-])=N1. The molecule has 0 aromatic rings. The van der Waals surface area contributed by atoms with Crippen molar-refractivity contribution in [3.63, 3.8) is 0 Å². The van der Waals surface area contributed by atoms with E-state index in [2.05, 4.69) is 26.1 Å². The van der Waals surface area contributed by atoms with E-state index in [-0.39, 0.29) is 18.9 Å². The largest absolute Gasteiger partial charge is 0.862 e. The van der Waals surface area contributed by atoms with Crippen LogP contribution in [0.5, 0.6) is 0 Å². The Morgan fingerprint density at radius 1 is 1.56 bits per heavy atom. The number of carboxylic acids is 1. The standard InChI is InChI=1S/C5H7NO3.C5H14NO/c7-4-2-1-3(6-4)5(8)9;1-6(2,3)4-5-7/h3H,1-2H2,(H,6,7)(H,8,9);7H,4-5H2,1-3H3/q;+1/p-1/t3-;/m0./s1. The zero-order valence-electron chi connectivity index (χ0n) is 10.0. The molecule has 1 rings (SSSR count). The lowest BCUT2D eigenvalue weighted by Gasteiger charge is -2.21. The van der Waals surface area contributed by atoms with Crippen LogP contribution in [0, 0.1) is 0 Å². The fourth-order valence-corrected chi connectivity index (χ4v) is 1.04. The minimum atomic E-state index is -0.999. The Balaban J connectivity index is 0.000000293. The van der Waals surface area contributed by atoms with Crippen molar-refractivity contribution in [3.8, 4) is 0 Å². The number of nitrogens with zero attached hydrogens (tertiary/aromatic N) is 2. The van der Waals surface area contributed by atoms with Crippen molar-refractivity contribution < 1.29 is 24.6 Å². The monoisotopic (exact) mass is 232 g/mol. The molecule has 0 spiro atoms. The second-order valence-corrected chi connectivity index (χ2v) is 4.65. The highest BCUT2D eigenvalue weighted by Gasteiger charge is 2.18. The van der Waals surface area contributed by atoms with Crippen molar-refractivity contribution >= 4 is 11.9 Å². The molecule has 1 aliphatic heterocycles. The second kappa shape index (κ2) is 6.44. The molecule has 0 aromatic carbocycles. The molecule has 1 aliphatic rings. The molecular weight excluding hydrogens is 212 g/mol. The summed E-state index contributed by atoms with van der Waals surface area (Å²) < 4.78 is 0.844. The predicted molar refractivity (Wildman–Crippen MR) is 58.1 cm³/mol. The maximum Gasteiger partial charge on any atom is 0.328 e. The van der Waals surface area contributed by atoms with Crippen LogP contribution in [0.1, 0.15) is 12.8 Å². The lowest BCUT2D eigenvalue weighted by Crippen LogP contribution is -2.36. The summed E-state index contributed by atoms with van der Waals surface area (Å²) in [6.45, 7) is 1.11. The van der Waals surface area contributed by atoms with Crippen molar-refractivity contribution in [1.82, 2.24) is 0 Å². The summed E-state index contributed by atoms with van der Waals surface area (Å²) in [6, 6.07) is -0.766. The summed E-state index contributed by atoms with van der Waals surface area (Å²) in [5.41, 5.74) is 0. The van der Waals surface area contributed by atoms with Crippen LogP contribution in [0.2, 0.25) is 0 Å². The van der Waals surface area contributed by atoms with Crippen LogP contribution in [0.3, 0.4) is 0 Å². The van der Waals surface area contributed by atoms with Crippen molar-refractivity contribution in [2.45, 2.75) is 18.9 Å². The fourth-order valence-electron chi connectivity index (χ4n) is 1.04. The first-order valence-electron chi connectivity index (χ1n) is 5.14. The zero-order chi connectivity index (χ0) is 12.8. The van der Waals surface area contributed by atoms with E-state index >= 15 is 0 Å². The number of aliphatic hydroxyl groups excluding tert-OH is 1. The lowest BCUT2D eigenvalue weighted by molar-refractivity contribution is -0.870. The van der Waals surface area contributed by atoms with Gasteiger partial charge >= 0.3 is 5.97 Å². The first-order valence-corrected chi connectivity index (χ1v) is 5.14. The van der Waals surface area contributed by atoms with Crippen molar-refractivity contribution in [2.75, 3.05) is 34.3 Å². The van der Waals surface area contributed by atoms with Crippen molar-refractivity contribution in [1.29, 1.82) is 0 Å². The molecule has 6 nitrogen and oxygen atoms in total. The fraction of sp³-hybridized carbons (Fsp3) is 0.800. The van der Waals surface area contributed by atoms with E-state index in [0.717, 1.165) is 11.0 Å². The summed E-state index contributed by atoms with van der Waals surface area (Å²) in [7, 11) is 6.16. The number of rotatable bonds is 3. The van der Waals surface area contributed by atoms with Gasteiger partial charge in [0.05, 0.1) is 27.7 Å². The highest BCUT2D eigenvalue weighted by atomic mass is 16.4. The summed E-state index contributed by atoms with van der Waals surface area (Å²) in [6.07, 6.45) is 0.658. The van der Waals surface area contributed by atoms with Crippen LogP contribution < -0.4 is 5.11 Å². The van der Waals surface area contributed by atoms with Crippen LogP contribution >= 0.6 is 0 Å². The maximum atomic E-state index is 10.3. The normalized spacial score (nSPS) is 19.8. The molecule has 0 saturated carbocycles. The molecule has 16 heavy (non-hydrogen) atoms. The Morgan fingerprint density at radius 2 is 2.12 bits per heavy atom. The van der Waals surface area contributed by atoms with Crippen LogP contribution in [0.15, 0.2) is 4.99 Å². The summed E-state index contributed by atoms with van der Waals surface area (Å²) in [4.78, 5) is 13.5. The van der Waals surface area contributed by atoms with Gasteiger partial charge in [0, 0.05) is 0 Å². The van der Waals surface area contributed by atoms with E-state index in [0.29, 0.717) is 6.42 Å². The molecular formula is C10H20N2O4. The highest BCUT2D eigenvalue weighted by Crippen LogP contribution is 2.09. The zero-order valence-corrected chi connectivity index (χ0v) is 10.0. The average molecular weight is 232 g/mol. The van der Waals surface area contributed by atoms with Gasteiger partial charge < -0.3 is 19.8 Å². The Morgan fingerprint density at radius 3 is 2.25 bits per heavy atom. The van der Waals surface area contributed by atoms with Gasteiger partial charge in [-0.25, -0.2) is 4.79 Å². The van der Waals surface area contributed by atoms with Gasteiger partial charge in [0.1, 0.15) is 12.6 Å². The minimum Gasteiger partial charge on any atom is -0.862 e. The van der Waals surface area contributed by atoms with Crippen LogP contribution in [-0.4, -0.2) is 66.9 Å². The molecule has 0 unspecified atom stereocenters. The topological polar surface area (TPSA) is 93.0 Å². The van der Waals surface area contributed by atoms with E-state index in [9.17, 15) is 9.90 Å². The number of aliphatic hydroxyl groups is 1. The number of carboxylic acid groups (broad SMARTS) is 1. The summed E-state index contributed by atoms with van der Waals surface area (Å²) in [5, 5.41) is 27.0. The van der Waals surface area contributed by atoms with E-state index in [1.165, 1.54) is 0 Å². The summed E-state index contributed by atoms with van der Waals surface area (Å²) >= 11 is 0. The minimum absolute atomic E-state index is 0.281. The average Bonchev–Trinajstić information content (AvgIpc) is 2.50. The van der Waals surface area contributed by atoms with Gasteiger partial charge in [0.15, 0.2) is 0 Å². The van der Waals surface area contributed by atoms with Gasteiger partial charge in [-0.15, -0.1) is 0 Å². The van der Waals surface area contributed by atoms with Gasteiger partial charge in [-0.05, 0) is 18.7 Å². The van der Waals surface area contributed by atoms with Gasteiger partial charge in [0.2, 0.25) is 0 Å². The van der Waals surface area contributed by atoms with E-state index in [4.69, 9.17) is 10.2 Å². The van der Waals surface area contributed by atoms with Gasteiger partial charge in [-0.3, -0.25) is 4.99 Å². The Labute approximate surface area is 95.4 Å². The smallest absolute Gasteiger partial charge is 0.328 e. The third-order valence-electron chi connectivity index (χ3n) is 1.99. The molecule has 0 amide bonds. The third kappa shape index (κ3) is 7.19. The Bertz CT molecular complexity index is 258. The van der Waals surface area contributed by atoms with Crippen molar-refractivity contribution in [2.24, 2.45) is 4.99 Å². The number of likely N-dealkylation sites (N-methyl/N-ethyl adjacent to an activating group) is 1. The second-order valence-electron chi connectivity index (χ2n) is 4.65. The van der Waals surface area contributed by atoms with Crippen molar-refractivity contribution in [3.05, 3.63) is 0 Å². The highest BCUT2D eigenvalue weighted by molar-refractivity contribution is 5.83.